The van der Waals surface area contributed by atoms with E-state index in [0.717, 1.165) is 6.42 Å². The smallest absolute Gasteiger partial charge is 0.239 e. The number of carbonyl (C=O) groups excluding carboxylic acids is 2. The summed E-state index contributed by atoms with van der Waals surface area (Å²) in [5.41, 5.74) is 0. The van der Waals surface area contributed by atoms with Crippen LogP contribution in [0.5, 0.6) is 0 Å². The number of likely N-dealkylation sites (N-methyl/N-ethyl adjacent to an activating group) is 1. The molecule has 0 bridgehead atoms. The van der Waals surface area contributed by atoms with Crippen molar-refractivity contribution in [1.29, 1.82) is 0 Å². The lowest BCUT2D eigenvalue weighted by Gasteiger charge is -2.03. The molecule has 0 radical (unpaired) electrons. The number of amides is 2. The van der Waals surface area contributed by atoms with E-state index in [0.29, 0.717) is 13.0 Å². The van der Waals surface area contributed by atoms with Crippen LogP contribution in [-0.2, 0) is 9.59 Å². The average Bonchev–Trinajstić information content (AvgIpc) is 2.02. The van der Waals surface area contributed by atoms with Crippen LogP contribution in [0.15, 0.2) is 0 Å². The molecule has 0 aromatic carbocycles. The number of hydrogen-bond donors (Lipinski definition) is 2. The molecule has 0 heterocycles. The molecule has 0 aromatic rings. The van der Waals surface area contributed by atoms with Crippen molar-refractivity contribution in [2.45, 2.75) is 26.7 Å². The lowest BCUT2D eigenvalue weighted by atomic mass is 10.3. The summed E-state index contributed by atoms with van der Waals surface area (Å²) in [6.07, 6.45) is 1.29. The summed E-state index contributed by atoms with van der Waals surface area (Å²) in [5.74, 6) is -0.203. The third-order valence-electron chi connectivity index (χ3n) is 1.30. The fraction of sp³-hybridized carbons (Fsp3) is 0.750. The van der Waals surface area contributed by atoms with Gasteiger partial charge < -0.3 is 10.6 Å². The molecular formula is C8H16N2O2. The number of hydrogen-bond acceptors (Lipinski definition) is 2. The molecule has 0 aliphatic rings. The summed E-state index contributed by atoms with van der Waals surface area (Å²) >= 11 is 0. The number of rotatable bonds is 5. The molecule has 2 amide bonds. The van der Waals surface area contributed by atoms with Gasteiger partial charge in [0.2, 0.25) is 11.8 Å². The Bertz CT molecular complexity index is 139. The van der Waals surface area contributed by atoms with Crippen molar-refractivity contribution >= 4 is 11.8 Å². The van der Waals surface area contributed by atoms with Crippen LogP contribution >= 0.6 is 0 Å². The summed E-state index contributed by atoms with van der Waals surface area (Å²) in [6, 6.07) is 0. The maximum absolute atomic E-state index is 10.9. The highest BCUT2D eigenvalue weighted by atomic mass is 16.2. The molecule has 4 heteroatoms. The Labute approximate surface area is 72.7 Å². The molecular weight excluding hydrogens is 156 g/mol. The largest absolute Gasteiger partial charge is 0.355 e. The van der Waals surface area contributed by atoms with Crippen LogP contribution in [-0.4, -0.2) is 24.9 Å². The Morgan fingerprint density at radius 3 is 2.25 bits per heavy atom. The van der Waals surface area contributed by atoms with E-state index in [9.17, 15) is 9.59 Å². The minimum absolute atomic E-state index is 0.0660. The summed E-state index contributed by atoms with van der Waals surface area (Å²) in [5, 5.41) is 5.11. The molecule has 0 atom stereocenters. The van der Waals surface area contributed by atoms with Gasteiger partial charge >= 0.3 is 0 Å². The van der Waals surface area contributed by atoms with E-state index in [1.165, 1.54) is 0 Å². The van der Waals surface area contributed by atoms with Crippen LogP contribution in [0.25, 0.3) is 0 Å². The molecule has 2 N–H and O–H groups in total. The Balaban J connectivity index is 3.40. The molecule has 0 saturated carbocycles. The van der Waals surface area contributed by atoms with E-state index in [2.05, 4.69) is 10.6 Å². The average molecular weight is 172 g/mol. The first-order chi connectivity index (χ1) is 5.70. The molecule has 70 valence electrons. The van der Waals surface area contributed by atoms with Crippen molar-refractivity contribution in [3.63, 3.8) is 0 Å². The topological polar surface area (TPSA) is 58.2 Å². The van der Waals surface area contributed by atoms with Gasteiger partial charge in [0, 0.05) is 13.0 Å². The van der Waals surface area contributed by atoms with Gasteiger partial charge in [0.05, 0.1) is 6.54 Å². The zero-order valence-electron chi connectivity index (χ0n) is 7.64. The zero-order valence-corrected chi connectivity index (χ0v) is 7.64. The molecule has 0 unspecified atom stereocenters. The number of nitrogens with one attached hydrogen (secondary N) is 2. The predicted molar refractivity (Wildman–Crippen MR) is 46.6 cm³/mol. The Kier molecular flexibility index (Phi) is 6.05. The van der Waals surface area contributed by atoms with Gasteiger partial charge in [-0.25, -0.2) is 0 Å². The second-order valence-electron chi connectivity index (χ2n) is 2.48. The maximum Gasteiger partial charge on any atom is 0.239 e. The SMILES string of the molecule is CCCC(=O)NCC(=O)NCC. The fourth-order valence-corrected chi connectivity index (χ4v) is 0.754. The van der Waals surface area contributed by atoms with E-state index in [1.54, 1.807) is 0 Å². The molecule has 0 spiro atoms. The highest BCUT2D eigenvalue weighted by molar-refractivity contribution is 5.84. The molecule has 4 nitrogen and oxygen atoms in total. The van der Waals surface area contributed by atoms with Crippen molar-refractivity contribution in [1.82, 2.24) is 10.6 Å². The standard InChI is InChI=1S/C8H16N2O2/c1-3-5-7(11)10-6-8(12)9-4-2/h3-6H2,1-2H3,(H,9,12)(H,10,11). The lowest BCUT2D eigenvalue weighted by Crippen LogP contribution is -2.36. The van der Waals surface area contributed by atoms with Crippen LogP contribution in [0.3, 0.4) is 0 Å². The van der Waals surface area contributed by atoms with Crippen LogP contribution < -0.4 is 10.6 Å². The molecule has 0 aliphatic carbocycles. The monoisotopic (exact) mass is 172 g/mol. The van der Waals surface area contributed by atoms with Gasteiger partial charge in [-0.3, -0.25) is 9.59 Å². The van der Waals surface area contributed by atoms with Crippen LogP contribution in [0.4, 0.5) is 0 Å². The van der Waals surface area contributed by atoms with Crippen molar-refractivity contribution in [3.8, 4) is 0 Å². The first kappa shape index (κ1) is 10.9. The van der Waals surface area contributed by atoms with Gasteiger partial charge in [-0.1, -0.05) is 6.92 Å². The second-order valence-corrected chi connectivity index (χ2v) is 2.48. The molecule has 12 heavy (non-hydrogen) atoms. The normalized spacial score (nSPS) is 9.17. The van der Waals surface area contributed by atoms with Gasteiger partial charge in [0.15, 0.2) is 0 Å². The van der Waals surface area contributed by atoms with E-state index < -0.39 is 0 Å². The number of carbonyl (C=O) groups is 2. The van der Waals surface area contributed by atoms with E-state index in [4.69, 9.17) is 0 Å². The third kappa shape index (κ3) is 5.70. The quantitative estimate of drug-likeness (QED) is 0.615. The first-order valence-electron chi connectivity index (χ1n) is 4.24. The van der Waals surface area contributed by atoms with Crippen LogP contribution in [0.1, 0.15) is 26.7 Å². The second kappa shape index (κ2) is 6.64. The van der Waals surface area contributed by atoms with Crippen LogP contribution in [0, 0.1) is 0 Å². The van der Waals surface area contributed by atoms with E-state index in [1.807, 2.05) is 13.8 Å². The third-order valence-corrected chi connectivity index (χ3v) is 1.30. The van der Waals surface area contributed by atoms with Crippen molar-refractivity contribution in [3.05, 3.63) is 0 Å². The molecule has 0 aliphatic heterocycles. The van der Waals surface area contributed by atoms with Crippen molar-refractivity contribution < 1.29 is 9.59 Å². The zero-order chi connectivity index (χ0) is 9.40. The molecule has 0 aromatic heterocycles. The maximum atomic E-state index is 10.9. The van der Waals surface area contributed by atoms with Gasteiger partial charge in [-0.2, -0.15) is 0 Å². The van der Waals surface area contributed by atoms with E-state index in [-0.39, 0.29) is 18.4 Å². The summed E-state index contributed by atoms with van der Waals surface area (Å²) in [6.45, 7) is 4.45. The lowest BCUT2D eigenvalue weighted by molar-refractivity contribution is -0.126. The fourth-order valence-electron chi connectivity index (χ4n) is 0.754. The molecule has 0 fully saturated rings. The van der Waals surface area contributed by atoms with Crippen molar-refractivity contribution in [2.75, 3.05) is 13.1 Å². The summed E-state index contributed by atoms with van der Waals surface area (Å²) in [7, 11) is 0. The van der Waals surface area contributed by atoms with Gasteiger partial charge in [0.1, 0.15) is 0 Å². The summed E-state index contributed by atoms with van der Waals surface area (Å²) in [4.78, 5) is 21.7. The first-order valence-corrected chi connectivity index (χ1v) is 4.24. The Hall–Kier alpha value is -1.06. The highest BCUT2D eigenvalue weighted by Crippen LogP contribution is 1.84. The van der Waals surface area contributed by atoms with Gasteiger partial charge in [-0.15, -0.1) is 0 Å². The molecule has 0 rings (SSSR count). The molecule has 0 saturated heterocycles. The summed E-state index contributed by atoms with van der Waals surface area (Å²) < 4.78 is 0. The van der Waals surface area contributed by atoms with Gasteiger partial charge in [0.25, 0.3) is 0 Å². The Morgan fingerprint density at radius 2 is 1.75 bits per heavy atom. The Morgan fingerprint density at radius 1 is 1.08 bits per heavy atom. The van der Waals surface area contributed by atoms with E-state index >= 15 is 0 Å². The predicted octanol–water partition coefficient (Wildman–Crippen LogP) is 0.0388. The highest BCUT2D eigenvalue weighted by Gasteiger charge is 2.01. The minimum Gasteiger partial charge on any atom is -0.355 e. The van der Waals surface area contributed by atoms with Gasteiger partial charge in [-0.05, 0) is 13.3 Å². The minimum atomic E-state index is -0.137. The van der Waals surface area contributed by atoms with Crippen LogP contribution in [0.2, 0.25) is 0 Å². The van der Waals surface area contributed by atoms with Crippen molar-refractivity contribution in [2.24, 2.45) is 0 Å².